The van der Waals surface area contributed by atoms with Gasteiger partial charge < -0.3 is 9.59 Å². The van der Waals surface area contributed by atoms with Crippen LogP contribution in [-0.4, -0.2) is 66.8 Å². The third-order valence-corrected chi connectivity index (χ3v) is 3.22. The van der Waals surface area contributed by atoms with Crippen molar-refractivity contribution in [2.24, 2.45) is 0 Å². The zero-order chi connectivity index (χ0) is 10.6. The second-order valence-electron chi connectivity index (χ2n) is 4.37. The molecule has 1 saturated heterocycles. The predicted octanol–water partition coefficient (Wildman–Crippen LogP) is 0.243. The summed E-state index contributed by atoms with van der Waals surface area (Å²) in [5, 5.41) is 8.64. The number of carboxylic acid groups (broad SMARTS) is 1. The normalized spacial score (nSPS) is 22.1. The maximum absolute atomic E-state index is 10.5. The first kappa shape index (κ1) is 11.5. The summed E-state index contributed by atoms with van der Waals surface area (Å²) in [6.07, 6.45) is 0.294. The Balaban J connectivity index is 2.33. The van der Waals surface area contributed by atoms with Gasteiger partial charge in [-0.1, -0.05) is 6.92 Å². The van der Waals surface area contributed by atoms with Crippen LogP contribution in [0.25, 0.3) is 0 Å². The standard InChI is InChI=1S/C10H20N2O2/c1-3-11-5-8-12(2,9-6-11)7-4-10(13)14/h3-9H2,1-2H3/p+1. The number of carbonyl (C=O) groups is 1. The third-order valence-electron chi connectivity index (χ3n) is 3.22. The summed E-state index contributed by atoms with van der Waals surface area (Å²) >= 11 is 0. The van der Waals surface area contributed by atoms with Crippen LogP contribution in [0.3, 0.4) is 0 Å². The first-order valence-corrected chi connectivity index (χ1v) is 5.33. The number of hydrogen-bond donors (Lipinski definition) is 1. The Morgan fingerprint density at radius 3 is 2.43 bits per heavy atom. The molecule has 0 atom stereocenters. The van der Waals surface area contributed by atoms with E-state index in [4.69, 9.17) is 5.11 Å². The molecule has 0 saturated carbocycles. The van der Waals surface area contributed by atoms with E-state index >= 15 is 0 Å². The lowest BCUT2D eigenvalue weighted by Gasteiger charge is -2.41. The summed E-state index contributed by atoms with van der Waals surface area (Å²) in [6, 6.07) is 0. The number of hydrogen-bond acceptors (Lipinski definition) is 2. The lowest BCUT2D eigenvalue weighted by Crippen LogP contribution is -2.57. The summed E-state index contributed by atoms with van der Waals surface area (Å²) in [6.45, 7) is 8.43. The largest absolute Gasteiger partial charge is 0.481 e. The van der Waals surface area contributed by atoms with Gasteiger partial charge in [0, 0.05) is 13.1 Å². The monoisotopic (exact) mass is 201 g/mol. The molecule has 0 spiro atoms. The molecule has 4 heteroatoms. The Hall–Kier alpha value is -0.610. The molecule has 0 aromatic rings. The molecule has 0 aliphatic carbocycles. The van der Waals surface area contributed by atoms with Crippen molar-refractivity contribution >= 4 is 5.97 Å². The van der Waals surface area contributed by atoms with Gasteiger partial charge in [-0.05, 0) is 6.54 Å². The number of carboxylic acids is 1. The lowest BCUT2D eigenvalue weighted by atomic mass is 10.2. The molecule has 1 aliphatic heterocycles. The first-order valence-electron chi connectivity index (χ1n) is 5.33. The molecule has 1 rings (SSSR count). The first-order chi connectivity index (χ1) is 6.56. The van der Waals surface area contributed by atoms with Gasteiger partial charge in [0.15, 0.2) is 0 Å². The highest BCUT2D eigenvalue weighted by molar-refractivity contribution is 5.66. The maximum atomic E-state index is 10.5. The van der Waals surface area contributed by atoms with E-state index in [1.165, 1.54) is 0 Å². The van der Waals surface area contributed by atoms with E-state index in [9.17, 15) is 4.79 Å². The van der Waals surface area contributed by atoms with E-state index in [1.54, 1.807) is 0 Å². The van der Waals surface area contributed by atoms with Gasteiger partial charge in [-0.25, -0.2) is 0 Å². The van der Waals surface area contributed by atoms with Gasteiger partial charge in [-0.2, -0.15) is 0 Å². The molecule has 1 fully saturated rings. The van der Waals surface area contributed by atoms with Crippen LogP contribution in [0.2, 0.25) is 0 Å². The van der Waals surface area contributed by atoms with Crippen molar-refractivity contribution in [2.75, 3.05) is 46.3 Å². The maximum Gasteiger partial charge on any atom is 0.309 e. The van der Waals surface area contributed by atoms with Crippen LogP contribution >= 0.6 is 0 Å². The van der Waals surface area contributed by atoms with Crippen molar-refractivity contribution in [2.45, 2.75) is 13.3 Å². The van der Waals surface area contributed by atoms with Crippen molar-refractivity contribution < 1.29 is 14.4 Å². The number of likely N-dealkylation sites (N-methyl/N-ethyl adjacent to an activating group) is 2. The molecule has 0 amide bonds. The number of quaternary nitrogens is 1. The van der Waals surface area contributed by atoms with Crippen LogP contribution in [0.5, 0.6) is 0 Å². The molecule has 0 unspecified atom stereocenters. The van der Waals surface area contributed by atoms with Gasteiger partial charge in [-0.3, -0.25) is 9.69 Å². The minimum Gasteiger partial charge on any atom is -0.481 e. The number of aliphatic carboxylic acids is 1. The second-order valence-corrected chi connectivity index (χ2v) is 4.37. The van der Waals surface area contributed by atoms with Crippen molar-refractivity contribution in [3.05, 3.63) is 0 Å². The summed E-state index contributed by atoms with van der Waals surface area (Å²) < 4.78 is 0.919. The van der Waals surface area contributed by atoms with Crippen LogP contribution in [-0.2, 0) is 4.79 Å². The van der Waals surface area contributed by atoms with Gasteiger partial charge in [0.1, 0.15) is 0 Å². The molecular formula is C10H21N2O2+. The smallest absolute Gasteiger partial charge is 0.309 e. The van der Waals surface area contributed by atoms with E-state index < -0.39 is 5.97 Å². The number of nitrogens with zero attached hydrogens (tertiary/aromatic N) is 2. The van der Waals surface area contributed by atoms with Crippen LogP contribution in [0.4, 0.5) is 0 Å². The van der Waals surface area contributed by atoms with Crippen molar-refractivity contribution in [3.63, 3.8) is 0 Å². The fourth-order valence-electron chi connectivity index (χ4n) is 1.89. The van der Waals surface area contributed by atoms with E-state index in [-0.39, 0.29) is 0 Å². The Labute approximate surface area is 85.7 Å². The average molecular weight is 201 g/mol. The van der Waals surface area contributed by atoms with Crippen LogP contribution in [0.15, 0.2) is 0 Å². The van der Waals surface area contributed by atoms with E-state index in [0.29, 0.717) is 6.42 Å². The second kappa shape index (κ2) is 4.75. The molecule has 1 heterocycles. The number of piperazine rings is 1. The van der Waals surface area contributed by atoms with Gasteiger partial charge in [0.25, 0.3) is 0 Å². The highest BCUT2D eigenvalue weighted by atomic mass is 16.4. The van der Waals surface area contributed by atoms with Crippen LogP contribution < -0.4 is 0 Å². The average Bonchev–Trinajstić information content (AvgIpc) is 2.16. The molecule has 0 aromatic carbocycles. The molecule has 0 aromatic heterocycles. The Kier molecular flexibility index (Phi) is 3.89. The fraction of sp³-hybridized carbons (Fsp3) is 0.900. The van der Waals surface area contributed by atoms with E-state index in [0.717, 1.165) is 43.8 Å². The fourth-order valence-corrected chi connectivity index (χ4v) is 1.89. The minimum absolute atomic E-state index is 0.294. The van der Waals surface area contributed by atoms with Crippen LogP contribution in [0.1, 0.15) is 13.3 Å². The molecule has 4 nitrogen and oxygen atoms in total. The highest BCUT2D eigenvalue weighted by Gasteiger charge is 2.28. The van der Waals surface area contributed by atoms with Crippen LogP contribution in [0, 0.1) is 0 Å². The molecule has 1 aliphatic rings. The summed E-state index contributed by atoms with van der Waals surface area (Å²) in [5.74, 6) is -0.678. The SMILES string of the molecule is CCN1CC[N+](C)(CCC(=O)O)CC1. The quantitative estimate of drug-likeness (QED) is 0.663. The van der Waals surface area contributed by atoms with Crippen molar-refractivity contribution in [1.82, 2.24) is 4.90 Å². The zero-order valence-corrected chi connectivity index (χ0v) is 9.20. The summed E-state index contributed by atoms with van der Waals surface area (Å²) in [4.78, 5) is 12.9. The van der Waals surface area contributed by atoms with E-state index in [2.05, 4.69) is 18.9 Å². The van der Waals surface area contributed by atoms with Gasteiger partial charge in [0.05, 0.1) is 33.1 Å². The minimum atomic E-state index is -0.678. The molecule has 14 heavy (non-hydrogen) atoms. The van der Waals surface area contributed by atoms with Gasteiger partial charge in [-0.15, -0.1) is 0 Å². The highest BCUT2D eigenvalue weighted by Crippen LogP contribution is 2.10. The molecule has 0 bridgehead atoms. The molecule has 1 N–H and O–H groups in total. The molecule has 0 radical (unpaired) electrons. The Morgan fingerprint density at radius 2 is 2.00 bits per heavy atom. The molecule has 82 valence electrons. The molecular weight excluding hydrogens is 180 g/mol. The van der Waals surface area contributed by atoms with E-state index in [1.807, 2.05) is 0 Å². The summed E-state index contributed by atoms with van der Waals surface area (Å²) in [5.41, 5.74) is 0. The number of rotatable bonds is 4. The Morgan fingerprint density at radius 1 is 1.43 bits per heavy atom. The zero-order valence-electron chi connectivity index (χ0n) is 9.20. The van der Waals surface area contributed by atoms with Crippen molar-refractivity contribution in [3.8, 4) is 0 Å². The van der Waals surface area contributed by atoms with Crippen molar-refractivity contribution in [1.29, 1.82) is 0 Å². The third kappa shape index (κ3) is 3.27. The predicted molar refractivity (Wildman–Crippen MR) is 55.2 cm³/mol. The topological polar surface area (TPSA) is 40.5 Å². The van der Waals surface area contributed by atoms with Gasteiger partial charge in [0.2, 0.25) is 0 Å². The van der Waals surface area contributed by atoms with Gasteiger partial charge >= 0.3 is 5.97 Å². The summed E-state index contributed by atoms with van der Waals surface area (Å²) in [7, 11) is 2.16. The Bertz CT molecular complexity index is 198. The lowest BCUT2D eigenvalue weighted by molar-refractivity contribution is -0.913.